The van der Waals surface area contributed by atoms with E-state index in [1.165, 1.54) is 44.4 Å². The molecule has 2 heterocycles. The molecule has 0 amide bonds. The number of nitrogens with zero attached hydrogens (tertiary/aromatic N) is 4. The second kappa shape index (κ2) is 12.4. The molecule has 162 valence electrons. The van der Waals surface area contributed by atoms with Crippen LogP contribution in [0.2, 0.25) is 0 Å². The number of benzene rings is 1. The average molecular weight is 512 g/mol. The molecular weight excluding hydrogens is 475 g/mol. The number of para-hydroxylation sites is 2. The van der Waals surface area contributed by atoms with Gasteiger partial charge in [-0.1, -0.05) is 25.5 Å². The van der Waals surface area contributed by atoms with Gasteiger partial charge in [0.1, 0.15) is 5.82 Å². The van der Waals surface area contributed by atoms with Crippen molar-refractivity contribution < 1.29 is 0 Å². The van der Waals surface area contributed by atoms with E-state index in [0.29, 0.717) is 5.92 Å². The number of aliphatic imine (C=N–C) groups is 1. The summed E-state index contributed by atoms with van der Waals surface area (Å²) >= 11 is 0. The Kier molecular flexibility index (Phi) is 10.2. The van der Waals surface area contributed by atoms with E-state index in [1.54, 1.807) is 0 Å². The van der Waals surface area contributed by atoms with Crippen molar-refractivity contribution in [2.75, 3.05) is 39.8 Å². The monoisotopic (exact) mass is 512 g/mol. The Balaban J connectivity index is 0.00000300. The second-order valence-corrected chi connectivity index (χ2v) is 8.00. The van der Waals surface area contributed by atoms with Crippen LogP contribution in [0, 0.1) is 12.8 Å². The van der Waals surface area contributed by atoms with Gasteiger partial charge < -0.3 is 20.1 Å². The van der Waals surface area contributed by atoms with Crippen LogP contribution in [-0.4, -0.2) is 60.2 Å². The number of aryl methyl sites for hydroxylation is 2. The molecule has 2 N–H and O–H groups in total. The van der Waals surface area contributed by atoms with Crippen LogP contribution < -0.4 is 10.6 Å². The van der Waals surface area contributed by atoms with Crippen molar-refractivity contribution in [1.82, 2.24) is 25.1 Å². The summed E-state index contributed by atoms with van der Waals surface area (Å²) < 4.78 is 2.30. The van der Waals surface area contributed by atoms with Gasteiger partial charge in [0, 0.05) is 33.2 Å². The Bertz CT molecular complexity index is 766. The van der Waals surface area contributed by atoms with Crippen LogP contribution in [0.25, 0.3) is 11.0 Å². The van der Waals surface area contributed by atoms with Crippen molar-refractivity contribution in [3.8, 4) is 0 Å². The van der Waals surface area contributed by atoms with Crippen molar-refractivity contribution in [1.29, 1.82) is 0 Å². The standard InChI is InChI=1S/C22H36N6.HI/c1-18(17-27-13-7-4-8-14-27)16-25-22(23-3)24-12-9-15-28-19(2)26-20-10-5-6-11-21(20)28;/h5-6,10-11,18H,4,7-9,12-17H2,1-3H3,(H2,23,24,25);1H. The van der Waals surface area contributed by atoms with Crippen LogP contribution in [0.15, 0.2) is 29.3 Å². The number of guanidine groups is 1. The van der Waals surface area contributed by atoms with Gasteiger partial charge in [-0.3, -0.25) is 4.99 Å². The number of imidazole rings is 1. The molecule has 0 bridgehead atoms. The lowest BCUT2D eigenvalue weighted by atomic mass is 10.1. The Morgan fingerprint density at radius 1 is 1.17 bits per heavy atom. The van der Waals surface area contributed by atoms with E-state index in [9.17, 15) is 0 Å². The third kappa shape index (κ3) is 7.13. The van der Waals surface area contributed by atoms with Crippen molar-refractivity contribution in [3.63, 3.8) is 0 Å². The third-order valence-corrected chi connectivity index (χ3v) is 5.56. The van der Waals surface area contributed by atoms with Gasteiger partial charge in [-0.2, -0.15) is 0 Å². The summed E-state index contributed by atoms with van der Waals surface area (Å²) in [6, 6.07) is 8.35. The highest BCUT2D eigenvalue weighted by Gasteiger charge is 2.13. The molecule has 1 aromatic heterocycles. The first-order valence-corrected chi connectivity index (χ1v) is 10.8. The van der Waals surface area contributed by atoms with Crippen LogP contribution >= 0.6 is 24.0 Å². The van der Waals surface area contributed by atoms with Gasteiger partial charge >= 0.3 is 0 Å². The normalized spacial score (nSPS) is 16.4. The first-order chi connectivity index (χ1) is 13.7. The van der Waals surface area contributed by atoms with E-state index in [2.05, 4.69) is 62.1 Å². The highest BCUT2D eigenvalue weighted by molar-refractivity contribution is 14.0. The van der Waals surface area contributed by atoms with Crippen LogP contribution in [0.3, 0.4) is 0 Å². The zero-order valence-corrected chi connectivity index (χ0v) is 20.5. The van der Waals surface area contributed by atoms with Crippen molar-refractivity contribution in [2.45, 2.75) is 46.1 Å². The molecule has 29 heavy (non-hydrogen) atoms. The van der Waals surface area contributed by atoms with Gasteiger partial charge in [-0.05, 0) is 57.3 Å². The Labute approximate surface area is 192 Å². The zero-order valence-electron chi connectivity index (χ0n) is 18.2. The summed E-state index contributed by atoms with van der Waals surface area (Å²) in [5.74, 6) is 2.60. The van der Waals surface area contributed by atoms with E-state index in [4.69, 9.17) is 0 Å². The molecule has 1 unspecified atom stereocenters. The third-order valence-electron chi connectivity index (χ3n) is 5.56. The molecule has 0 aliphatic carbocycles. The molecule has 0 radical (unpaired) electrons. The quantitative estimate of drug-likeness (QED) is 0.246. The van der Waals surface area contributed by atoms with E-state index < -0.39 is 0 Å². The maximum atomic E-state index is 4.64. The Morgan fingerprint density at radius 2 is 1.93 bits per heavy atom. The van der Waals surface area contributed by atoms with Crippen LogP contribution in [0.1, 0.15) is 38.4 Å². The lowest BCUT2D eigenvalue weighted by Gasteiger charge is -2.29. The molecule has 6 nitrogen and oxygen atoms in total. The molecule has 1 aromatic carbocycles. The molecule has 7 heteroatoms. The Hall–Kier alpha value is -1.35. The highest BCUT2D eigenvalue weighted by atomic mass is 127. The molecule has 0 saturated carbocycles. The predicted octanol–water partition coefficient (Wildman–Crippen LogP) is 3.64. The SMILES string of the molecule is CN=C(NCCCn1c(C)nc2ccccc21)NCC(C)CN1CCCCC1.I. The molecule has 1 atom stereocenters. The summed E-state index contributed by atoms with van der Waals surface area (Å²) in [5, 5.41) is 6.94. The maximum Gasteiger partial charge on any atom is 0.190 e. The molecule has 1 fully saturated rings. The topological polar surface area (TPSA) is 57.5 Å². The number of fused-ring (bicyclic) bond motifs is 1. The number of halogens is 1. The zero-order chi connectivity index (χ0) is 19.8. The fraction of sp³-hybridized carbons (Fsp3) is 0.636. The fourth-order valence-corrected chi connectivity index (χ4v) is 4.06. The number of likely N-dealkylation sites (tertiary alicyclic amines) is 1. The smallest absolute Gasteiger partial charge is 0.190 e. The minimum absolute atomic E-state index is 0. The fourth-order valence-electron chi connectivity index (χ4n) is 4.06. The molecule has 1 aliphatic rings. The summed E-state index contributed by atoms with van der Waals surface area (Å²) in [7, 11) is 1.85. The summed E-state index contributed by atoms with van der Waals surface area (Å²) in [6.45, 7) is 10.9. The number of hydrogen-bond acceptors (Lipinski definition) is 3. The number of aromatic nitrogens is 2. The van der Waals surface area contributed by atoms with Gasteiger partial charge in [-0.15, -0.1) is 24.0 Å². The first-order valence-electron chi connectivity index (χ1n) is 10.8. The van der Waals surface area contributed by atoms with Crippen LogP contribution in [0.4, 0.5) is 0 Å². The van der Waals surface area contributed by atoms with Gasteiger partial charge in [0.05, 0.1) is 11.0 Å². The molecule has 1 saturated heterocycles. The number of rotatable bonds is 8. The van der Waals surface area contributed by atoms with Gasteiger partial charge in [-0.25, -0.2) is 4.98 Å². The van der Waals surface area contributed by atoms with Gasteiger partial charge in [0.25, 0.3) is 0 Å². The van der Waals surface area contributed by atoms with Gasteiger partial charge in [0.2, 0.25) is 0 Å². The van der Waals surface area contributed by atoms with Crippen LogP contribution in [0.5, 0.6) is 0 Å². The van der Waals surface area contributed by atoms with Crippen LogP contribution in [-0.2, 0) is 6.54 Å². The second-order valence-electron chi connectivity index (χ2n) is 8.00. The van der Waals surface area contributed by atoms with E-state index in [0.717, 1.165) is 43.4 Å². The lowest BCUT2D eigenvalue weighted by Crippen LogP contribution is -2.42. The summed E-state index contributed by atoms with van der Waals surface area (Å²) in [4.78, 5) is 11.6. The van der Waals surface area contributed by atoms with Gasteiger partial charge in [0.15, 0.2) is 5.96 Å². The summed E-state index contributed by atoms with van der Waals surface area (Å²) in [5.41, 5.74) is 2.29. The van der Waals surface area contributed by atoms with Crippen molar-refractivity contribution in [3.05, 3.63) is 30.1 Å². The predicted molar refractivity (Wildman–Crippen MR) is 133 cm³/mol. The van der Waals surface area contributed by atoms with E-state index in [1.807, 2.05) is 13.1 Å². The molecule has 1 aliphatic heterocycles. The molecule has 3 rings (SSSR count). The molecule has 0 spiro atoms. The highest BCUT2D eigenvalue weighted by Crippen LogP contribution is 2.15. The number of piperidine rings is 1. The van der Waals surface area contributed by atoms with E-state index in [-0.39, 0.29) is 24.0 Å². The first kappa shape index (κ1) is 23.9. The van der Waals surface area contributed by atoms with Crippen molar-refractivity contribution >= 4 is 41.0 Å². The number of nitrogens with one attached hydrogen (secondary N) is 2. The minimum Gasteiger partial charge on any atom is -0.356 e. The Morgan fingerprint density at radius 3 is 2.69 bits per heavy atom. The molecule has 2 aromatic rings. The lowest BCUT2D eigenvalue weighted by molar-refractivity contribution is 0.201. The van der Waals surface area contributed by atoms with Crippen molar-refractivity contribution in [2.24, 2.45) is 10.9 Å². The maximum absolute atomic E-state index is 4.64. The number of hydrogen-bond donors (Lipinski definition) is 2. The summed E-state index contributed by atoms with van der Waals surface area (Å²) in [6.07, 6.45) is 5.14. The van der Waals surface area contributed by atoms with E-state index >= 15 is 0 Å². The molecular formula is C22H37IN6. The average Bonchev–Trinajstić information content (AvgIpc) is 3.03. The largest absolute Gasteiger partial charge is 0.356 e. The minimum atomic E-state index is 0.